The summed E-state index contributed by atoms with van der Waals surface area (Å²) >= 11 is 6.00. The number of halogens is 1. The van der Waals surface area contributed by atoms with Crippen molar-refractivity contribution in [3.05, 3.63) is 34.9 Å². The third-order valence-electron chi connectivity index (χ3n) is 6.89. The van der Waals surface area contributed by atoms with Gasteiger partial charge in [0.25, 0.3) is 0 Å². The Kier molecular flexibility index (Phi) is 7.99. The number of hydrogen-bond acceptors (Lipinski definition) is 2. The van der Waals surface area contributed by atoms with Crippen LogP contribution in [0.15, 0.2) is 24.3 Å². The minimum Gasteiger partial charge on any atom is -0.344 e. The summed E-state index contributed by atoms with van der Waals surface area (Å²) in [5, 5.41) is 3.85. The van der Waals surface area contributed by atoms with Crippen LogP contribution in [-0.2, 0) is 9.59 Å². The number of likely N-dealkylation sites (tertiary alicyclic amines) is 1. The van der Waals surface area contributed by atoms with Crippen molar-refractivity contribution >= 4 is 23.4 Å². The van der Waals surface area contributed by atoms with Gasteiger partial charge >= 0.3 is 0 Å². The van der Waals surface area contributed by atoms with E-state index in [1.165, 1.54) is 18.4 Å². The summed E-state index contributed by atoms with van der Waals surface area (Å²) in [5.74, 6) is 1.25. The molecule has 1 aliphatic heterocycles. The fourth-order valence-corrected chi connectivity index (χ4v) is 4.88. The first kappa shape index (κ1) is 22.1. The van der Waals surface area contributed by atoms with E-state index >= 15 is 0 Å². The molecule has 1 aromatic carbocycles. The Morgan fingerprint density at radius 2 is 1.72 bits per heavy atom. The second kappa shape index (κ2) is 10.5. The highest BCUT2D eigenvalue weighted by Crippen LogP contribution is 2.30. The molecule has 2 fully saturated rings. The highest BCUT2D eigenvalue weighted by atomic mass is 35.5. The van der Waals surface area contributed by atoms with E-state index in [-0.39, 0.29) is 17.7 Å². The number of piperidine rings is 1. The summed E-state index contributed by atoms with van der Waals surface area (Å²) in [6.45, 7) is 5.65. The lowest BCUT2D eigenvalue weighted by atomic mass is 9.88. The molecule has 1 aliphatic carbocycles. The van der Waals surface area contributed by atoms with Crippen LogP contribution in [-0.4, -0.2) is 35.8 Å². The SMILES string of the molecule is CC[C@H](C)[C@@H](NC(=O)CC1CCCC1)C(=O)N1CCC(c2ccc(Cl)cc2)CC1. The van der Waals surface area contributed by atoms with Crippen LogP contribution < -0.4 is 5.32 Å². The molecule has 160 valence electrons. The van der Waals surface area contributed by atoms with Gasteiger partial charge in [0, 0.05) is 24.5 Å². The minimum atomic E-state index is -0.402. The molecule has 1 N–H and O–H groups in total. The van der Waals surface area contributed by atoms with Crippen LogP contribution in [0.3, 0.4) is 0 Å². The fraction of sp³-hybridized carbons (Fsp3) is 0.667. The van der Waals surface area contributed by atoms with Gasteiger partial charge in [-0.2, -0.15) is 0 Å². The number of rotatable bonds is 7. The molecule has 2 atom stereocenters. The Morgan fingerprint density at radius 3 is 2.31 bits per heavy atom. The molecule has 4 nitrogen and oxygen atoms in total. The van der Waals surface area contributed by atoms with Crippen LogP contribution in [0, 0.1) is 11.8 Å². The summed E-state index contributed by atoms with van der Waals surface area (Å²) in [7, 11) is 0. The first-order valence-corrected chi connectivity index (χ1v) is 11.7. The highest BCUT2D eigenvalue weighted by Gasteiger charge is 2.33. The van der Waals surface area contributed by atoms with Gasteiger partial charge in [0.15, 0.2) is 0 Å². The summed E-state index contributed by atoms with van der Waals surface area (Å²) in [5.41, 5.74) is 1.30. The van der Waals surface area contributed by atoms with E-state index in [4.69, 9.17) is 11.6 Å². The van der Waals surface area contributed by atoms with Crippen molar-refractivity contribution in [2.45, 2.75) is 77.2 Å². The number of carbonyl (C=O) groups is 2. The molecular formula is C24H35ClN2O2. The third-order valence-corrected chi connectivity index (χ3v) is 7.14. The zero-order chi connectivity index (χ0) is 20.8. The van der Waals surface area contributed by atoms with Crippen molar-refractivity contribution in [3.8, 4) is 0 Å². The van der Waals surface area contributed by atoms with Crippen molar-refractivity contribution in [1.82, 2.24) is 10.2 Å². The predicted octanol–water partition coefficient (Wildman–Crippen LogP) is 5.16. The molecule has 0 unspecified atom stereocenters. The van der Waals surface area contributed by atoms with Crippen molar-refractivity contribution < 1.29 is 9.59 Å². The normalized spacial score (nSPS) is 20.4. The summed E-state index contributed by atoms with van der Waals surface area (Å²) in [4.78, 5) is 27.8. The van der Waals surface area contributed by atoms with E-state index in [0.29, 0.717) is 18.3 Å². The zero-order valence-electron chi connectivity index (χ0n) is 17.8. The van der Waals surface area contributed by atoms with Gasteiger partial charge in [-0.05, 0) is 61.1 Å². The topological polar surface area (TPSA) is 49.4 Å². The number of hydrogen-bond donors (Lipinski definition) is 1. The molecule has 0 bridgehead atoms. The van der Waals surface area contributed by atoms with Gasteiger partial charge < -0.3 is 10.2 Å². The first-order chi connectivity index (χ1) is 14.0. The van der Waals surface area contributed by atoms with E-state index < -0.39 is 6.04 Å². The fourth-order valence-electron chi connectivity index (χ4n) is 4.76. The Labute approximate surface area is 180 Å². The highest BCUT2D eigenvalue weighted by molar-refractivity contribution is 6.30. The maximum atomic E-state index is 13.3. The zero-order valence-corrected chi connectivity index (χ0v) is 18.6. The molecule has 0 radical (unpaired) electrons. The number of nitrogens with zero attached hydrogens (tertiary/aromatic N) is 1. The van der Waals surface area contributed by atoms with E-state index in [9.17, 15) is 9.59 Å². The van der Waals surface area contributed by atoms with Gasteiger partial charge in [0.2, 0.25) is 11.8 Å². The van der Waals surface area contributed by atoms with Gasteiger partial charge in [-0.15, -0.1) is 0 Å². The molecular weight excluding hydrogens is 384 g/mol. The monoisotopic (exact) mass is 418 g/mol. The summed E-state index contributed by atoms with van der Waals surface area (Å²) in [6.07, 6.45) is 8.11. The predicted molar refractivity (Wildman–Crippen MR) is 118 cm³/mol. The van der Waals surface area contributed by atoms with Gasteiger partial charge in [-0.25, -0.2) is 0 Å². The lowest BCUT2D eigenvalue weighted by Crippen LogP contribution is -2.53. The Bertz CT molecular complexity index is 677. The Morgan fingerprint density at radius 1 is 1.10 bits per heavy atom. The lowest BCUT2D eigenvalue weighted by Gasteiger charge is -2.36. The molecule has 5 heteroatoms. The number of benzene rings is 1. The van der Waals surface area contributed by atoms with Gasteiger partial charge in [-0.3, -0.25) is 9.59 Å². The van der Waals surface area contributed by atoms with Gasteiger partial charge in [0.05, 0.1) is 0 Å². The average molecular weight is 419 g/mol. The molecule has 29 heavy (non-hydrogen) atoms. The van der Waals surface area contributed by atoms with Crippen molar-refractivity contribution in [2.24, 2.45) is 11.8 Å². The first-order valence-electron chi connectivity index (χ1n) is 11.3. The molecule has 2 aliphatic rings. The lowest BCUT2D eigenvalue weighted by molar-refractivity contribution is -0.139. The second-order valence-corrected chi connectivity index (χ2v) is 9.37. The number of nitrogens with one attached hydrogen (secondary N) is 1. The summed E-state index contributed by atoms with van der Waals surface area (Å²) in [6, 6.07) is 7.66. The number of amides is 2. The van der Waals surface area contributed by atoms with E-state index in [2.05, 4.69) is 31.3 Å². The molecule has 0 spiro atoms. The van der Waals surface area contributed by atoms with Gasteiger partial charge in [0.1, 0.15) is 6.04 Å². The molecule has 1 saturated heterocycles. The van der Waals surface area contributed by atoms with Crippen LogP contribution in [0.4, 0.5) is 0 Å². The van der Waals surface area contributed by atoms with E-state index in [1.807, 2.05) is 17.0 Å². The third kappa shape index (κ3) is 5.97. The number of carbonyl (C=O) groups excluding carboxylic acids is 2. The van der Waals surface area contributed by atoms with Crippen LogP contribution >= 0.6 is 11.6 Å². The second-order valence-electron chi connectivity index (χ2n) is 8.94. The largest absolute Gasteiger partial charge is 0.344 e. The van der Waals surface area contributed by atoms with E-state index in [0.717, 1.165) is 50.2 Å². The summed E-state index contributed by atoms with van der Waals surface area (Å²) < 4.78 is 0. The van der Waals surface area contributed by atoms with Crippen LogP contribution in [0.5, 0.6) is 0 Å². The van der Waals surface area contributed by atoms with Crippen molar-refractivity contribution in [3.63, 3.8) is 0 Å². The van der Waals surface area contributed by atoms with Crippen molar-refractivity contribution in [2.75, 3.05) is 13.1 Å². The smallest absolute Gasteiger partial charge is 0.245 e. The molecule has 1 saturated carbocycles. The molecule has 1 heterocycles. The minimum absolute atomic E-state index is 0.0478. The van der Waals surface area contributed by atoms with E-state index in [1.54, 1.807) is 0 Å². The van der Waals surface area contributed by atoms with Crippen LogP contribution in [0.1, 0.15) is 76.7 Å². The van der Waals surface area contributed by atoms with Gasteiger partial charge in [-0.1, -0.05) is 56.8 Å². The van der Waals surface area contributed by atoms with Crippen molar-refractivity contribution in [1.29, 1.82) is 0 Å². The maximum absolute atomic E-state index is 13.3. The molecule has 1 aromatic rings. The van der Waals surface area contributed by atoms with Crippen LogP contribution in [0.25, 0.3) is 0 Å². The quantitative estimate of drug-likeness (QED) is 0.665. The average Bonchev–Trinajstić information content (AvgIpc) is 3.24. The Hall–Kier alpha value is -1.55. The molecule has 2 amide bonds. The standard InChI is InChI=1S/C24H35ClN2O2/c1-3-17(2)23(26-22(28)16-18-6-4-5-7-18)24(29)27-14-12-20(13-15-27)19-8-10-21(25)11-9-19/h8-11,17-18,20,23H,3-7,12-16H2,1-2H3,(H,26,28)/t17-,23+/m0/s1. The molecule has 0 aromatic heterocycles. The maximum Gasteiger partial charge on any atom is 0.245 e. The van der Waals surface area contributed by atoms with Crippen LogP contribution in [0.2, 0.25) is 5.02 Å². The molecule has 3 rings (SSSR count). The Balaban J connectivity index is 1.56.